The Morgan fingerprint density at radius 3 is 1.88 bits per heavy atom. The van der Waals surface area contributed by atoms with Gasteiger partial charge in [-0.05, 0) is 115 Å². The summed E-state index contributed by atoms with van der Waals surface area (Å²) in [6.07, 6.45) is 15.9. The number of hydrogen-bond donors (Lipinski definition) is 0. The van der Waals surface area contributed by atoms with Crippen molar-refractivity contribution in [1.29, 1.82) is 0 Å². The number of para-hydroxylation sites is 1. The third-order valence-corrected chi connectivity index (χ3v) is 8.61. The minimum atomic E-state index is 0.833. The van der Waals surface area contributed by atoms with E-state index in [1.54, 1.807) is 0 Å². The molecule has 202 valence electrons. The van der Waals surface area contributed by atoms with Gasteiger partial charge in [-0.3, -0.25) is 0 Å². The average Bonchev–Trinajstić information content (AvgIpc) is 3.67. The van der Waals surface area contributed by atoms with Crippen molar-refractivity contribution in [3.63, 3.8) is 0 Å². The highest BCUT2D eigenvalue weighted by Gasteiger charge is 2.28. The van der Waals surface area contributed by atoms with Crippen molar-refractivity contribution in [2.24, 2.45) is 15.0 Å². The SMILES string of the molecule is CCC1=C(C)C2=NC1=CC1=NC(=CC3=NC(=CC4=CN(c5ccccc5)C(=C2)C4)C(C)=C3CC)C(CC)=C1CC. The molecule has 5 heterocycles. The molecular formula is C36H38N4. The number of anilines is 1. The molecule has 0 fully saturated rings. The molecule has 8 bridgehead atoms. The van der Waals surface area contributed by atoms with E-state index in [-0.39, 0.29) is 0 Å². The summed E-state index contributed by atoms with van der Waals surface area (Å²) < 4.78 is 0. The van der Waals surface area contributed by atoms with Gasteiger partial charge in [0.25, 0.3) is 0 Å². The first-order valence-corrected chi connectivity index (χ1v) is 14.8. The van der Waals surface area contributed by atoms with Crippen LogP contribution in [0.3, 0.4) is 0 Å². The topological polar surface area (TPSA) is 40.3 Å². The second-order valence-electron chi connectivity index (χ2n) is 10.9. The molecule has 4 nitrogen and oxygen atoms in total. The van der Waals surface area contributed by atoms with Gasteiger partial charge in [0.05, 0.1) is 34.2 Å². The first kappa shape index (κ1) is 26.2. The van der Waals surface area contributed by atoms with Crippen LogP contribution >= 0.6 is 0 Å². The quantitative estimate of drug-likeness (QED) is 0.377. The van der Waals surface area contributed by atoms with E-state index >= 15 is 0 Å². The van der Waals surface area contributed by atoms with Crippen LogP contribution in [-0.2, 0) is 0 Å². The lowest BCUT2D eigenvalue weighted by Gasteiger charge is -2.18. The van der Waals surface area contributed by atoms with Gasteiger partial charge >= 0.3 is 0 Å². The van der Waals surface area contributed by atoms with Crippen molar-refractivity contribution in [1.82, 2.24) is 0 Å². The Bertz CT molecular complexity index is 1640. The Balaban J connectivity index is 1.61. The predicted octanol–water partition coefficient (Wildman–Crippen LogP) is 9.26. The summed E-state index contributed by atoms with van der Waals surface area (Å²) in [5.41, 5.74) is 17.7. The number of aliphatic imine (C=N–C) groups is 3. The molecule has 0 atom stereocenters. The first-order chi connectivity index (χ1) is 19.4. The molecule has 1 aromatic carbocycles. The van der Waals surface area contributed by atoms with Crippen LogP contribution in [0.2, 0.25) is 0 Å². The average molecular weight is 527 g/mol. The number of nitrogens with zero attached hydrogens (tertiary/aromatic N) is 4. The van der Waals surface area contributed by atoms with Crippen LogP contribution in [0.1, 0.15) is 73.6 Å². The van der Waals surface area contributed by atoms with E-state index in [4.69, 9.17) is 15.0 Å². The fraction of sp³-hybridized carbons (Fsp3) is 0.306. The van der Waals surface area contributed by atoms with Gasteiger partial charge in [0.2, 0.25) is 0 Å². The third kappa shape index (κ3) is 4.36. The summed E-state index contributed by atoms with van der Waals surface area (Å²) in [6, 6.07) is 10.6. The number of fused-ring (bicyclic) bond motifs is 5. The van der Waals surface area contributed by atoms with Gasteiger partial charge in [0.1, 0.15) is 0 Å². The number of hydrogen-bond acceptors (Lipinski definition) is 4. The van der Waals surface area contributed by atoms with Crippen LogP contribution in [-0.4, -0.2) is 17.1 Å². The molecule has 0 radical (unpaired) electrons. The Labute approximate surface area is 238 Å². The third-order valence-electron chi connectivity index (χ3n) is 8.61. The maximum absolute atomic E-state index is 5.22. The van der Waals surface area contributed by atoms with Gasteiger partial charge in [-0.2, -0.15) is 0 Å². The van der Waals surface area contributed by atoms with E-state index in [0.717, 1.165) is 72.0 Å². The highest BCUT2D eigenvalue weighted by Crippen LogP contribution is 2.39. The Morgan fingerprint density at radius 1 is 0.600 bits per heavy atom. The molecule has 0 aromatic heterocycles. The van der Waals surface area contributed by atoms with Crippen LogP contribution in [0.5, 0.6) is 0 Å². The second-order valence-corrected chi connectivity index (χ2v) is 10.9. The van der Waals surface area contributed by atoms with Crippen LogP contribution in [0.15, 0.2) is 138 Å². The smallest absolute Gasteiger partial charge is 0.0694 e. The standard InChI is InChI=1S/C36H38N4/c1-7-27-22(5)31-17-24-16-26(40(21-24)25-14-12-11-13-15-25)18-32-23(6)28(8-2)34(38-32)20-36-30(10-4)29(9-3)35(39-36)19-33(27)37-31/h11-15,17-21H,7-10,16H2,1-6H3. The van der Waals surface area contributed by atoms with Crippen LogP contribution in [0, 0.1) is 0 Å². The van der Waals surface area contributed by atoms with Gasteiger partial charge < -0.3 is 4.90 Å². The fourth-order valence-corrected chi connectivity index (χ4v) is 6.49. The van der Waals surface area contributed by atoms with E-state index in [1.165, 1.54) is 44.7 Å². The normalized spacial score (nSPS) is 20.4. The second kappa shape index (κ2) is 10.5. The fourth-order valence-electron chi connectivity index (χ4n) is 6.49. The van der Waals surface area contributed by atoms with Crippen LogP contribution < -0.4 is 4.90 Å². The van der Waals surface area contributed by atoms with E-state index in [9.17, 15) is 0 Å². The summed E-state index contributed by atoms with van der Waals surface area (Å²) in [5.74, 6) is 0. The van der Waals surface area contributed by atoms with E-state index in [1.807, 2.05) is 0 Å². The van der Waals surface area contributed by atoms with Crippen molar-refractivity contribution in [2.75, 3.05) is 4.90 Å². The lowest BCUT2D eigenvalue weighted by molar-refractivity contribution is 1.05. The van der Waals surface area contributed by atoms with Crippen molar-refractivity contribution in [2.45, 2.75) is 73.6 Å². The molecule has 6 rings (SSSR count). The van der Waals surface area contributed by atoms with E-state index in [0.29, 0.717) is 0 Å². The number of rotatable bonds is 5. The maximum atomic E-state index is 5.22. The summed E-state index contributed by atoms with van der Waals surface area (Å²) in [6.45, 7) is 13.3. The molecule has 0 N–H and O–H groups in total. The van der Waals surface area contributed by atoms with Crippen molar-refractivity contribution < 1.29 is 0 Å². The first-order valence-electron chi connectivity index (χ1n) is 14.8. The van der Waals surface area contributed by atoms with Crippen molar-refractivity contribution >= 4 is 22.8 Å². The highest BCUT2D eigenvalue weighted by atomic mass is 15.1. The largest absolute Gasteiger partial charge is 0.320 e. The molecular weight excluding hydrogens is 488 g/mol. The molecule has 0 spiro atoms. The molecule has 4 heteroatoms. The zero-order chi connectivity index (χ0) is 28.0. The monoisotopic (exact) mass is 526 g/mol. The lowest BCUT2D eigenvalue weighted by atomic mass is 9.96. The van der Waals surface area contributed by atoms with Crippen molar-refractivity contribution in [3.8, 4) is 0 Å². The van der Waals surface area contributed by atoms with Gasteiger partial charge in [0.15, 0.2) is 0 Å². The molecule has 40 heavy (non-hydrogen) atoms. The summed E-state index contributed by atoms with van der Waals surface area (Å²) in [5, 5.41) is 0. The minimum Gasteiger partial charge on any atom is -0.320 e. The Morgan fingerprint density at radius 2 is 1.20 bits per heavy atom. The molecule has 0 amide bonds. The Kier molecular flexibility index (Phi) is 6.87. The van der Waals surface area contributed by atoms with Gasteiger partial charge in [-0.25, -0.2) is 15.0 Å². The zero-order valence-electron chi connectivity index (χ0n) is 24.6. The molecule has 0 saturated heterocycles. The van der Waals surface area contributed by atoms with E-state index in [2.05, 4.69) is 107 Å². The van der Waals surface area contributed by atoms with Crippen LogP contribution in [0.25, 0.3) is 0 Å². The lowest BCUT2D eigenvalue weighted by Crippen LogP contribution is -2.12. The van der Waals surface area contributed by atoms with Crippen molar-refractivity contribution in [3.05, 3.63) is 123 Å². The van der Waals surface area contributed by atoms with Crippen LogP contribution in [0.4, 0.5) is 5.69 Å². The highest BCUT2D eigenvalue weighted by molar-refractivity contribution is 6.18. The molecule has 0 aliphatic carbocycles. The van der Waals surface area contributed by atoms with Gasteiger partial charge in [0, 0.05) is 24.0 Å². The number of benzene rings is 1. The summed E-state index contributed by atoms with van der Waals surface area (Å²) in [7, 11) is 0. The van der Waals surface area contributed by atoms with E-state index < -0.39 is 0 Å². The van der Waals surface area contributed by atoms with Gasteiger partial charge in [-0.15, -0.1) is 0 Å². The zero-order valence-corrected chi connectivity index (χ0v) is 24.6. The molecule has 1 aromatic rings. The number of allylic oxidation sites excluding steroid dienone is 11. The predicted molar refractivity (Wildman–Crippen MR) is 170 cm³/mol. The maximum Gasteiger partial charge on any atom is 0.0694 e. The molecule has 5 aliphatic heterocycles. The molecule has 0 unspecified atom stereocenters. The summed E-state index contributed by atoms with van der Waals surface area (Å²) >= 11 is 0. The van der Waals surface area contributed by atoms with Gasteiger partial charge in [-0.1, -0.05) is 45.9 Å². The Hall–Kier alpha value is -4.05. The molecule has 5 aliphatic rings. The minimum absolute atomic E-state index is 0.833. The summed E-state index contributed by atoms with van der Waals surface area (Å²) in [4.78, 5) is 17.9. The molecule has 0 saturated carbocycles.